The third kappa shape index (κ3) is 3.65. The summed E-state index contributed by atoms with van der Waals surface area (Å²) in [5.74, 6) is -0.618. The molecule has 3 aromatic rings. The van der Waals surface area contributed by atoms with Crippen molar-refractivity contribution >= 4 is 21.4 Å². The Labute approximate surface area is 149 Å². The summed E-state index contributed by atoms with van der Waals surface area (Å²) in [6.45, 7) is 1.59. The van der Waals surface area contributed by atoms with E-state index in [-0.39, 0.29) is 16.2 Å². The van der Waals surface area contributed by atoms with Crippen LogP contribution in [0.25, 0.3) is 11.3 Å². The van der Waals surface area contributed by atoms with Gasteiger partial charge < -0.3 is 9.84 Å². The SMILES string of the molecule is Cc1onc(-c2ccc(F)cc2)c1C(=O)Nc1cccc(S(C)(=O)=O)c1. The van der Waals surface area contributed by atoms with Gasteiger partial charge in [-0.2, -0.15) is 0 Å². The van der Waals surface area contributed by atoms with Gasteiger partial charge in [-0.05, 0) is 49.4 Å². The highest BCUT2D eigenvalue weighted by Crippen LogP contribution is 2.26. The molecule has 0 aliphatic heterocycles. The van der Waals surface area contributed by atoms with Gasteiger partial charge in [0, 0.05) is 17.5 Å². The van der Waals surface area contributed by atoms with Gasteiger partial charge in [0.15, 0.2) is 9.84 Å². The molecule has 8 heteroatoms. The van der Waals surface area contributed by atoms with E-state index in [1.54, 1.807) is 13.0 Å². The van der Waals surface area contributed by atoms with Crippen molar-refractivity contribution in [3.8, 4) is 11.3 Å². The van der Waals surface area contributed by atoms with E-state index in [4.69, 9.17) is 4.52 Å². The topological polar surface area (TPSA) is 89.3 Å². The van der Waals surface area contributed by atoms with Gasteiger partial charge in [-0.1, -0.05) is 11.2 Å². The molecule has 1 N–H and O–H groups in total. The zero-order chi connectivity index (χ0) is 18.9. The Hall–Kier alpha value is -3.00. The highest BCUT2D eigenvalue weighted by molar-refractivity contribution is 7.90. The van der Waals surface area contributed by atoms with E-state index in [9.17, 15) is 17.6 Å². The first-order valence-corrected chi connectivity index (χ1v) is 9.48. The number of carbonyl (C=O) groups is 1. The minimum Gasteiger partial charge on any atom is -0.360 e. The summed E-state index contributed by atoms with van der Waals surface area (Å²) >= 11 is 0. The molecule has 6 nitrogen and oxygen atoms in total. The lowest BCUT2D eigenvalue weighted by atomic mass is 10.1. The molecular formula is C18H15FN2O4S. The number of anilines is 1. The summed E-state index contributed by atoms with van der Waals surface area (Å²) in [6.07, 6.45) is 1.09. The van der Waals surface area contributed by atoms with Crippen LogP contribution in [0.15, 0.2) is 57.9 Å². The molecular weight excluding hydrogens is 359 g/mol. The molecule has 0 radical (unpaired) electrons. The lowest BCUT2D eigenvalue weighted by molar-refractivity contribution is 0.102. The van der Waals surface area contributed by atoms with E-state index in [1.807, 2.05) is 0 Å². The molecule has 1 aromatic heterocycles. The summed E-state index contributed by atoms with van der Waals surface area (Å²) in [5.41, 5.74) is 1.32. The predicted molar refractivity (Wildman–Crippen MR) is 94.1 cm³/mol. The summed E-state index contributed by atoms with van der Waals surface area (Å²) in [6, 6.07) is 11.4. The average Bonchev–Trinajstić information content (AvgIpc) is 2.97. The Kier molecular flexibility index (Phi) is 4.60. The van der Waals surface area contributed by atoms with Crippen molar-refractivity contribution in [2.24, 2.45) is 0 Å². The second-order valence-electron chi connectivity index (χ2n) is 5.72. The van der Waals surface area contributed by atoms with Gasteiger partial charge in [-0.3, -0.25) is 4.79 Å². The molecule has 2 aromatic carbocycles. The predicted octanol–water partition coefficient (Wildman–Crippen LogP) is 3.44. The number of amides is 1. The van der Waals surface area contributed by atoms with Crippen LogP contribution in [0.4, 0.5) is 10.1 Å². The number of nitrogens with one attached hydrogen (secondary N) is 1. The highest BCUT2D eigenvalue weighted by Gasteiger charge is 2.22. The maximum absolute atomic E-state index is 13.1. The lowest BCUT2D eigenvalue weighted by Gasteiger charge is -2.07. The van der Waals surface area contributed by atoms with Crippen LogP contribution in [-0.2, 0) is 9.84 Å². The molecule has 0 saturated carbocycles. The maximum Gasteiger partial charge on any atom is 0.261 e. The zero-order valence-electron chi connectivity index (χ0n) is 14.0. The summed E-state index contributed by atoms with van der Waals surface area (Å²) in [5, 5.41) is 6.52. The molecule has 1 amide bonds. The number of nitrogens with zero attached hydrogens (tertiary/aromatic N) is 1. The number of aromatic nitrogens is 1. The first-order chi connectivity index (χ1) is 12.3. The van der Waals surface area contributed by atoms with E-state index in [2.05, 4.69) is 10.5 Å². The molecule has 0 unspecified atom stereocenters. The Morgan fingerprint density at radius 1 is 1.15 bits per heavy atom. The first-order valence-electron chi connectivity index (χ1n) is 7.59. The number of halogens is 1. The summed E-state index contributed by atoms with van der Waals surface area (Å²) in [4.78, 5) is 12.8. The van der Waals surface area contributed by atoms with Gasteiger partial charge in [0.25, 0.3) is 5.91 Å². The third-order valence-electron chi connectivity index (χ3n) is 3.73. The third-order valence-corrected chi connectivity index (χ3v) is 4.84. The van der Waals surface area contributed by atoms with Gasteiger partial charge in [0.1, 0.15) is 22.8 Å². The van der Waals surface area contributed by atoms with Crippen molar-refractivity contribution < 1.29 is 22.1 Å². The molecule has 0 saturated heterocycles. The summed E-state index contributed by atoms with van der Waals surface area (Å²) in [7, 11) is -3.40. The van der Waals surface area contributed by atoms with Crippen LogP contribution in [-0.4, -0.2) is 25.7 Å². The molecule has 1 heterocycles. The van der Waals surface area contributed by atoms with Crippen molar-refractivity contribution in [2.45, 2.75) is 11.8 Å². The van der Waals surface area contributed by atoms with Gasteiger partial charge >= 0.3 is 0 Å². The first kappa shape index (κ1) is 17.8. The van der Waals surface area contributed by atoms with E-state index in [1.165, 1.54) is 42.5 Å². The van der Waals surface area contributed by atoms with Crippen LogP contribution >= 0.6 is 0 Å². The van der Waals surface area contributed by atoms with E-state index >= 15 is 0 Å². The molecule has 26 heavy (non-hydrogen) atoms. The van der Waals surface area contributed by atoms with Crippen LogP contribution in [0.2, 0.25) is 0 Å². The van der Waals surface area contributed by atoms with Crippen molar-refractivity contribution in [2.75, 3.05) is 11.6 Å². The molecule has 0 fully saturated rings. The fourth-order valence-corrected chi connectivity index (χ4v) is 3.11. The summed E-state index contributed by atoms with van der Waals surface area (Å²) < 4.78 is 41.5. The van der Waals surface area contributed by atoms with E-state index < -0.39 is 21.6 Å². The average molecular weight is 374 g/mol. The van der Waals surface area contributed by atoms with Crippen molar-refractivity contribution in [1.82, 2.24) is 5.16 Å². The maximum atomic E-state index is 13.1. The van der Waals surface area contributed by atoms with Gasteiger partial charge in [-0.15, -0.1) is 0 Å². The number of carbonyl (C=O) groups excluding carboxylic acids is 1. The van der Waals surface area contributed by atoms with E-state index in [0.29, 0.717) is 17.0 Å². The van der Waals surface area contributed by atoms with Crippen molar-refractivity contribution in [3.63, 3.8) is 0 Å². The molecule has 0 bridgehead atoms. The van der Waals surface area contributed by atoms with Crippen LogP contribution in [0, 0.1) is 12.7 Å². The molecule has 0 atom stereocenters. The minimum atomic E-state index is -3.40. The minimum absolute atomic E-state index is 0.0936. The molecule has 0 aliphatic carbocycles. The number of hydrogen-bond donors (Lipinski definition) is 1. The number of benzene rings is 2. The molecule has 0 spiro atoms. The van der Waals surface area contributed by atoms with Crippen LogP contribution < -0.4 is 5.32 Å². The highest BCUT2D eigenvalue weighted by atomic mass is 32.2. The van der Waals surface area contributed by atoms with Crippen LogP contribution in [0.5, 0.6) is 0 Å². The van der Waals surface area contributed by atoms with Crippen LogP contribution in [0.1, 0.15) is 16.1 Å². The Bertz CT molecular complexity index is 1070. The Morgan fingerprint density at radius 2 is 1.85 bits per heavy atom. The molecule has 0 aliphatic rings. The fraction of sp³-hybridized carbons (Fsp3) is 0.111. The smallest absolute Gasteiger partial charge is 0.261 e. The zero-order valence-corrected chi connectivity index (χ0v) is 14.8. The quantitative estimate of drug-likeness (QED) is 0.756. The number of rotatable bonds is 4. The van der Waals surface area contributed by atoms with Crippen LogP contribution in [0.3, 0.4) is 0 Å². The lowest BCUT2D eigenvalue weighted by Crippen LogP contribution is -2.14. The number of hydrogen-bond acceptors (Lipinski definition) is 5. The van der Waals surface area contributed by atoms with Crippen molar-refractivity contribution in [1.29, 1.82) is 0 Å². The standard InChI is InChI=1S/C18H15FN2O4S/c1-11-16(17(21-25-11)12-6-8-13(19)9-7-12)18(22)20-14-4-3-5-15(10-14)26(2,23)24/h3-10H,1-2H3,(H,20,22). The molecule has 3 rings (SSSR count). The van der Waals surface area contributed by atoms with Crippen molar-refractivity contribution in [3.05, 3.63) is 65.7 Å². The second-order valence-corrected chi connectivity index (χ2v) is 7.74. The molecule has 134 valence electrons. The number of sulfone groups is 1. The Balaban J connectivity index is 1.94. The second kappa shape index (κ2) is 6.72. The van der Waals surface area contributed by atoms with E-state index in [0.717, 1.165) is 6.26 Å². The Morgan fingerprint density at radius 3 is 2.50 bits per heavy atom. The normalized spacial score (nSPS) is 11.3. The van der Waals surface area contributed by atoms with Gasteiger partial charge in [0.2, 0.25) is 0 Å². The number of aryl methyl sites for hydroxylation is 1. The van der Waals surface area contributed by atoms with Gasteiger partial charge in [0.05, 0.1) is 4.90 Å². The largest absolute Gasteiger partial charge is 0.360 e. The van der Waals surface area contributed by atoms with Gasteiger partial charge in [-0.25, -0.2) is 12.8 Å². The fourth-order valence-electron chi connectivity index (χ4n) is 2.44. The monoisotopic (exact) mass is 374 g/mol.